The summed E-state index contributed by atoms with van der Waals surface area (Å²) in [6.45, 7) is 1.41. The Morgan fingerprint density at radius 1 is 1.35 bits per heavy atom. The number of nitrogens with zero attached hydrogens (tertiary/aromatic N) is 4. The second-order valence-corrected chi connectivity index (χ2v) is 7.26. The maximum Gasteiger partial charge on any atom is 0.263 e. The minimum atomic E-state index is -0.206. The third-order valence-corrected chi connectivity index (χ3v) is 5.62. The van der Waals surface area contributed by atoms with Crippen molar-refractivity contribution < 1.29 is 9.59 Å². The molecule has 3 aromatic rings. The van der Waals surface area contributed by atoms with Crippen LogP contribution in [0.3, 0.4) is 0 Å². The normalized spacial score (nSPS) is 17.4. The topological polar surface area (TPSA) is 79.6 Å². The summed E-state index contributed by atoms with van der Waals surface area (Å²) >= 11 is 1.47. The highest BCUT2D eigenvalue weighted by Gasteiger charge is 2.28. The Balaban J connectivity index is 1.64. The maximum atomic E-state index is 12.7. The van der Waals surface area contributed by atoms with Crippen LogP contribution in [0.25, 0.3) is 5.65 Å². The van der Waals surface area contributed by atoms with E-state index in [4.69, 9.17) is 0 Å². The van der Waals surface area contributed by atoms with Gasteiger partial charge in [0.15, 0.2) is 5.65 Å². The molecule has 4 heterocycles. The van der Waals surface area contributed by atoms with Crippen LogP contribution in [0, 0.1) is 0 Å². The number of likely N-dealkylation sites (tertiary alicyclic amines) is 1. The molecule has 0 aliphatic carbocycles. The van der Waals surface area contributed by atoms with E-state index in [1.165, 1.54) is 11.3 Å². The van der Waals surface area contributed by atoms with E-state index in [1.807, 2.05) is 28.5 Å². The number of rotatable bonds is 3. The van der Waals surface area contributed by atoms with Gasteiger partial charge in [0.2, 0.25) is 0 Å². The van der Waals surface area contributed by atoms with Crippen molar-refractivity contribution in [2.75, 3.05) is 20.1 Å². The molecule has 0 unspecified atom stereocenters. The number of thiophene rings is 1. The quantitative estimate of drug-likeness (QED) is 0.767. The van der Waals surface area contributed by atoms with Gasteiger partial charge in [-0.15, -0.1) is 11.3 Å². The second kappa shape index (κ2) is 6.87. The van der Waals surface area contributed by atoms with E-state index < -0.39 is 0 Å². The number of hydrogen-bond acceptors (Lipinski definition) is 5. The lowest BCUT2D eigenvalue weighted by atomic mass is 9.94. The fraction of sp³-hybridized carbons (Fsp3) is 0.333. The van der Waals surface area contributed by atoms with Gasteiger partial charge >= 0.3 is 0 Å². The van der Waals surface area contributed by atoms with Crippen LogP contribution in [0.15, 0.2) is 36.0 Å². The second-order valence-electron chi connectivity index (χ2n) is 6.31. The first-order valence-corrected chi connectivity index (χ1v) is 9.44. The molecule has 0 aromatic carbocycles. The number of nitrogens with one attached hydrogen (secondary N) is 1. The van der Waals surface area contributed by atoms with Crippen LogP contribution in [-0.2, 0) is 0 Å². The van der Waals surface area contributed by atoms with Crippen molar-refractivity contribution in [2.24, 2.45) is 0 Å². The summed E-state index contributed by atoms with van der Waals surface area (Å²) in [6, 6.07) is 5.69. The zero-order valence-corrected chi connectivity index (χ0v) is 15.2. The summed E-state index contributed by atoms with van der Waals surface area (Å²) in [6.07, 6.45) is 5.17. The average Bonchev–Trinajstić information content (AvgIpc) is 3.36. The molecule has 2 amide bonds. The van der Waals surface area contributed by atoms with Gasteiger partial charge in [0, 0.05) is 32.3 Å². The predicted octanol–water partition coefficient (Wildman–Crippen LogP) is 2.17. The highest BCUT2D eigenvalue weighted by atomic mass is 32.1. The Hall–Kier alpha value is -2.74. The number of fused-ring (bicyclic) bond motifs is 1. The van der Waals surface area contributed by atoms with Crippen LogP contribution in [0.1, 0.15) is 44.5 Å². The zero-order valence-electron chi connectivity index (χ0n) is 14.4. The highest BCUT2D eigenvalue weighted by Crippen LogP contribution is 2.28. The number of aromatic nitrogens is 3. The first-order chi connectivity index (χ1) is 12.7. The van der Waals surface area contributed by atoms with E-state index in [-0.39, 0.29) is 17.7 Å². The molecule has 3 aromatic heterocycles. The summed E-state index contributed by atoms with van der Waals surface area (Å²) in [5.74, 6) is 0.0416. The number of amides is 2. The number of hydrogen-bond donors (Lipinski definition) is 1. The van der Waals surface area contributed by atoms with Crippen LogP contribution in [0.2, 0.25) is 0 Å². The van der Waals surface area contributed by atoms with Gasteiger partial charge in [-0.05, 0) is 30.4 Å². The summed E-state index contributed by atoms with van der Waals surface area (Å²) in [5, 5.41) is 8.91. The van der Waals surface area contributed by atoms with Gasteiger partial charge in [0.05, 0.1) is 16.8 Å². The molecule has 0 saturated carbocycles. The van der Waals surface area contributed by atoms with Gasteiger partial charge in [-0.25, -0.2) is 9.50 Å². The van der Waals surface area contributed by atoms with Crippen LogP contribution in [0.4, 0.5) is 0 Å². The molecule has 1 saturated heterocycles. The molecular formula is C18H19N5O2S. The third kappa shape index (κ3) is 2.86. The molecule has 1 atom stereocenters. The molecule has 4 rings (SSSR count). The molecule has 0 bridgehead atoms. The Morgan fingerprint density at radius 3 is 3.00 bits per heavy atom. The van der Waals surface area contributed by atoms with Crippen LogP contribution in [-0.4, -0.2) is 51.4 Å². The van der Waals surface area contributed by atoms with Crippen molar-refractivity contribution in [3.8, 4) is 0 Å². The molecular weight excluding hydrogens is 350 g/mol. The molecule has 7 nitrogen and oxygen atoms in total. The van der Waals surface area contributed by atoms with Crippen LogP contribution < -0.4 is 5.32 Å². The van der Waals surface area contributed by atoms with Crippen molar-refractivity contribution in [1.82, 2.24) is 24.8 Å². The molecule has 0 spiro atoms. The summed E-state index contributed by atoms with van der Waals surface area (Å²) in [5.41, 5.74) is 1.98. The fourth-order valence-electron chi connectivity index (χ4n) is 3.47. The Morgan fingerprint density at radius 2 is 2.23 bits per heavy atom. The van der Waals surface area contributed by atoms with Gasteiger partial charge in [-0.1, -0.05) is 6.07 Å². The van der Waals surface area contributed by atoms with E-state index in [1.54, 1.807) is 24.0 Å². The molecule has 134 valence electrons. The first-order valence-electron chi connectivity index (χ1n) is 8.56. The maximum absolute atomic E-state index is 12.7. The molecule has 1 aliphatic heterocycles. The highest BCUT2D eigenvalue weighted by molar-refractivity contribution is 7.12. The molecule has 1 N–H and O–H groups in total. The van der Waals surface area contributed by atoms with Gasteiger partial charge in [0.25, 0.3) is 11.8 Å². The van der Waals surface area contributed by atoms with E-state index in [9.17, 15) is 9.59 Å². The smallest absolute Gasteiger partial charge is 0.263 e. The standard InChI is InChI=1S/C18H19N5O2S/c1-19-17(24)13-10-21-23-14(6-7-20-16(13)23)12-4-2-8-22(11-12)18(25)15-5-3-9-26-15/h3,5-7,9-10,12H,2,4,8,11H2,1H3,(H,19,24)/t12-/m1/s1. The monoisotopic (exact) mass is 369 g/mol. The van der Waals surface area contributed by atoms with Crippen molar-refractivity contribution in [3.05, 3.63) is 52.1 Å². The first kappa shape index (κ1) is 16.7. The summed E-state index contributed by atoms with van der Waals surface area (Å²) in [4.78, 5) is 31.7. The van der Waals surface area contributed by atoms with Gasteiger partial charge in [-0.2, -0.15) is 5.10 Å². The van der Waals surface area contributed by atoms with E-state index in [2.05, 4.69) is 15.4 Å². The van der Waals surface area contributed by atoms with Crippen LogP contribution in [0.5, 0.6) is 0 Å². The Labute approximate surface area is 154 Å². The summed E-state index contributed by atoms with van der Waals surface area (Å²) in [7, 11) is 1.59. The van der Waals surface area contributed by atoms with Gasteiger partial charge < -0.3 is 10.2 Å². The lowest BCUT2D eigenvalue weighted by Crippen LogP contribution is -2.39. The number of carbonyl (C=O) groups excluding carboxylic acids is 2. The molecule has 1 aliphatic rings. The van der Waals surface area contributed by atoms with E-state index >= 15 is 0 Å². The SMILES string of the molecule is CNC(=O)c1cnn2c([C@@H]3CCCN(C(=O)c4cccs4)C3)ccnc12. The van der Waals surface area contributed by atoms with Crippen molar-refractivity contribution in [3.63, 3.8) is 0 Å². The van der Waals surface area contributed by atoms with Gasteiger partial charge in [-0.3, -0.25) is 9.59 Å². The molecule has 1 fully saturated rings. The Kier molecular flexibility index (Phi) is 4.42. The largest absolute Gasteiger partial charge is 0.355 e. The molecule has 0 radical (unpaired) electrons. The fourth-order valence-corrected chi connectivity index (χ4v) is 4.16. The minimum Gasteiger partial charge on any atom is -0.355 e. The Bertz CT molecular complexity index is 950. The van der Waals surface area contributed by atoms with Crippen molar-refractivity contribution in [1.29, 1.82) is 0 Å². The van der Waals surface area contributed by atoms with E-state index in [0.29, 0.717) is 17.8 Å². The van der Waals surface area contributed by atoms with Gasteiger partial charge in [0.1, 0.15) is 5.56 Å². The van der Waals surface area contributed by atoms with Crippen molar-refractivity contribution in [2.45, 2.75) is 18.8 Å². The zero-order chi connectivity index (χ0) is 18.1. The number of carbonyl (C=O) groups is 2. The number of piperidine rings is 1. The minimum absolute atomic E-state index is 0.0847. The average molecular weight is 369 g/mol. The lowest BCUT2D eigenvalue weighted by molar-refractivity contribution is 0.0710. The summed E-state index contributed by atoms with van der Waals surface area (Å²) < 4.78 is 1.73. The third-order valence-electron chi connectivity index (χ3n) is 4.76. The lowest BCUT2D eigenvalue weighted by Gasteiger charge is -2.32. The van der Waals surface area contributed by atoms with E-state index in [0.717, 1.165) is 30.0 Å². The van der Waals surface area contributed by atoms with Crippen LogP contribution >= 0.6 is 11.3 Å². The molecule has 8 heteroatoms. The predicted molar refractivity (Wildman–Crippen MR) is 98.6 cm³/mol. The van der Waals surface area contributed by atoms with Crippen molar-refractivity contribution >= 4 is 28.8 Å². The molecule has 26 heavy (non-hydrogen) atoms.